The molecule has 2 unspecified atom stereocenters. The molecule has 0 radical (unpaired) electrons. The number of unbranched alkanes of at least 4 members (excludes halogenated alkanes) is 40. The second kappa shape index (κ2) is 64.7. The number of carbonyl (C=O) groups is 4. The molecular weight excluding hydrogens is 1220 g/mol. The molecule has 0 aromatic rings. The van der Waals surface area contributed by atoms with Crippen molar-refractivity contribution >= 4 is 39.5 Å². The van der Waals surface area contributed by atoms with Crippen molar-refractivity contribution in [2.45, 2.75) is 394 Å². The van der Waals surface area contributed by atoms with Crippen molar-refractivity contribution in [1.29, 1.82) is 0 Å². The Morgan fingerprint density at radius 3 is 0.731 bits per heavy atom. The molecule has 0 aromatic heterocycles. The van der Waals surface area contributed by atoms with Gasteiger partial charge >= 0.3 is 39.5 Å². The number of esters is 4. The van der Waals surface area contributed by atoms with E-state index in [0.717, 1.165) is 102 Å². The summed E-state index contributed by atoms with van der Waals surface area (Å²) in [5, 5.41) is 10.6. The summed E-state index contributed by atoms with van der Waals surface area (Å²) < 4.78 is 68.4. The van der Waals surface area contributed by atoms with Gasteiger partial charge in [0.25, 0.3) is 0 Å². The van der Waals surface area contributed by atoms with Crippen molar-refractivity contribution in [2.24, 2.45) is 17.8 Å². The third-order valence-electron chi connectivity index (χ3n) is 17.1. The maximum absolute atomic E-state index is 13.1. The zero-order valence-electron chi connectivity index (χ0n) is 60.7. The van der Waals surface area contributed by atoms with Crippen molar-refractivity contribution in [3.8, 4) is 0 Å². The van der Waals surface area contributed by atoms with Crippen LogP contribution in [0.15, 0.2) is 0 Å². The summed E-state index contributed by atoms with van der Waals surface area (Å²) in [6.45, 7) is 11.7. The van der Waals surface area contributed by atoms with Gasteiger partial charge < -0.3 is 33.8 Å². The summed E-state index contributed by atoms with van der Waals surface area (Å²) in [5.74, 6) is 0.0314. The van der Waals surface area contributed by atoms with Crippen molar-refractivity contribution in [2.75, 3.05) is 39.6 Å². The molecule has 93 heavy (non-hydrogen) atoms. The van der Waals surface area contributed by atoms with Gasteiger partial charge in [-0.05, 0) is 43.4 Å². The standard InChI is InChI=1S/C74H144O17P2/c1-8-9-10-11-12-13-14-15-16-17-18-19-20-21-26-29-34-43-50-57-73(78)90-69(61-84-71(76)55-48-41-33-28-25-23-22-24-27-31-38-45-52-65(2)3)63-88-92(80,81)86-59-68(75)60-87-93(82,83)89-64-70(62-85-72(77)56-49-42-37-36-40-47-54-67(6)7)91-74(79)58-51-44-35-30-32-39-46-53-66(4)5/h65-70,75H,8-64H2,1-7H3,(H,80,81)(H,82,83)/t68-,69-,70-/m1/s1. The van der Waals surface area contributed by atoms with E-state index in [4.69, 9.17) is 37.0 Å². The topological polar surface area (TPSA) is 237 Å². The Morgan fingerprint density at radius 2 is 0.495 bits per heavy atom. The highest BCUT2D eigenvalue weighted by Gasteiger charge is 2.30. The van der Waals surface area contributed by atoms with Crippen molar-refractivity contribution in [3.05, 3.63) is 0 Å². The van der Waals surface area contributed by atoms with Crippen LogP contribution < -0.4 is 0 Å². The average molecular weight is 1370 g/mol. The fourth-order valence-electron chi connectivity index (χ4n) is 11.2. The predicted molar refractivity (Wildman–Crippen MR) is 377 cm³/mol. The lowest BCUT2D eigenvalue weighted by atomic mass is 10.0. The minimum absolute atomic E-state index is 0.102. The molecule has 0 bridgehead atoms. The maximum Gasteiger partial charge on any atom is 0.472 e. The zero-order chi connectivity index (χ0) is 68.7. The number of rotatable bonds is 72. The molecule has 3 N–H and O–H groups in total. The number of hydrogen-bond donors (Lipinski definition) is 3. The number of aliphatic hydroxyl groups is 1. The molecule has 0 heterocycles. The Balaban J connectivity index is 5.21. The first-order valence-electron chi connectivity index (χ1n) is 38.3. The number of phosphoric ester groups is 2. The summed E-state index contributed by atoms with van der Waals surface area (Å²) in [6, 6.07) is 0. The Morgan fingerprint density at radius 1 is 0.290 bits per heavy atom. The van der Waals surface area contributed by atoms with Gasteiger partial charge in [0.15, 0.2) is 12.2 Å². The number of hydrogen-bond acceptors (Lipinski definition) is 15. The van der Waals surface area contributed by atoms with Gasteiger partial charge in [0.2, 0.25) is 0 Å². The molecule has 0 saturated heterocycles. The zero-order valence-corrected chi connectivity index (χ0v) is 62.5. The first-order valence-corrected chi connectivity index (χ1v) is 41.3. The van der Waals surface area contributed by atoms with E-state index < -0.39 is 97.5 Å². The van der Waals surface area contributed by atoms with Crippen LogP contribution in [0.25, 0.3) is 0 Å². The Hall–Kier alpha value is -1.94. The molecule has 0 saturated carbocycles. The van der Waals surface area contributed by atoms with Crippen LogP contribution >= 0.6 is 15.6 Å². The summed E-state index contributed by atoms with van der Waals surface area (Å²) in [7, 11) is -9.91. The molecule has 0 aliphatic heterocycles. The highest BCUT2D eigenvalue weighted by molar-refractivity contribution is 7.47. The third-order valence-corrected chi connectivity index (χ3v) is 19.0. The van der Waals surface area contributed by atoms with Gasteiger partial charge in [0.1, 0.15) is 19.3 Å². The van der Waals surface area contributed by atoms with Crippen molar-refractivity contribution in [1.82, 2.24) is 0 Å². The quantitative estimate of drug-likeness (QED) is 0.0222. The number of phosphoric acid groups is 2. The Labute approximate surface area is 568 Å². The lowest BCUT2D eigenvalue weighted by Gasteiger charge is -2.21. The maximum atomic E-state index is 13.1. The molecular formula is C74H144O17P2. The van der Waals surface area contributed by atoms with Crippen LogP contribution in [0.3, 0.4) is 0 Å². The molecule has 19 heteroatoms. The second-order valence-electron chi connectivity index (χ2n) is 28.1. The Bertz CT molecular complexity index is 1820. The molecule has 0 rings (SSSR count). The minimum Gasteiger partial charge on any atom is -0.462 e. The first kappa shape index (κ1) is 91.1. The molecule has 0 aliphatic rings. The monoisotopic (exact) mass is 1370 g/mol. The van der Waals surface area contributed by atoms with E-state index >= 15 is 0 Å². The first-order chi connectivity index (χ1) is 44.7. The van der Waals surface area contributed by atoms with Crippen LogP contribution in [-0.2, 0) is 65.4 Å². The lowest BCUT2D eigenvalue weighted by Crippen LogP contribution is -2.30. The molecule has 0 amide bonds. The predicted octanol–water partition coefficient (Wildman–Crippen LogP) is 21.4. The van der Waals surface area contributed by atoms with E-state index in [-0.39, 0.29) is 25.7 Å². The van der Waals surface area contributed by atoms with E-state index in [1.54, 1.807) is 0 Å². The number of carbonyl (C=O) groups excluding carboxylic acids is 4. The van der Waals surface area contributed by atoms with Gasteiger partial charge in [-0.3, -0.25) is 37.3 Å². The fourth-order valence-corrected chi connectivity index (χ4v) is 12.8. The van der Waals surface area contributed by atoms with Crippen molar-refractivity contribution < 1.29 is 80.2 Å². The van der Waals surface area contributed by atoms with Crippen LogP contribution in [0.5, 0.6) is 0 Å². The minimum atomic E-state index is -4.96. The van der Waals surface area contributed by atoms with Crippen molar-refractivity contribution in [3.63, 3.8) is 0 Å². The van der Waals surface area contributed by atoms with E-state index in [2.05, 4.69) is 48.5 Å². The van der Waals surface area contributed by atoms with E-state index in [0.29, 0.717) is 37.5 Å². The Kier molecular flexibility index (Phi) is 63.4. The van der Waals surface area contributed by atoms with Crippen LogP contribution in [-0.4, -0.2) is 96.7 Å². The molecule has 552 valence electrons. The largest absolute Gasteiger partial charge is 0.472 e. The highest BCUT2D eigenvalue weighted by Crippen LogP contribution is 2.45. The van der Waals surface area contributed by atoms with Gasteiger partial charge in [-0.15, -0.1) is 0 Å². The SMILES string of the molecule is CCCCCCCCCCCCCCCCCCCCCC(=O)O[C@H](COC(=O)CCCCCCCCCCCCCCC(C)C)COP(=O)(O)OC[C@@H](O)COP(=O)(O)OC[C@@H](COC(=O)CCCCCCCCC(C)C)OC(=O)CCCCCCCCCC(C)C. The normalized spacial score (nSPS) is 14.1. The summed E-state index contributed by atoms with van der Waals surface area (Å²) in [4.78, 5) is 72.6. The molecule has 0 aromatic carbocycles. The third kappa shape index (κ3) is 68.4. The van der Waals surface area contributed by atoms with Crippen LogP contribution in [0.2, 0.25) is 0 Å². The van der Waals surface area contributed by atoms with Gasteiger partial charge in [-0.1, -0.05) is 325 Å². The van der Waals surface area contributed by atoms with Crippen LogP contribution in [0, 0.1) is 17.8 Å². The van der Waals surface area contributed by atoms with Gasteiger partial charge in [0, 0.05) is 25.7 Å². The molecule has 0 fully saturated rings. The molecule has 17 nitrogen and oxygen atoms in total. The summed E-state index contributed by atoms with van der Waals surface area (Å²) >= 11 is 0. The molecule has 0 spiro atoms. The van der Waals surface area contributed by atoms with Crippen LogP contribution in [0.4, 0.5) is 0 Å². The average Bonchev–Trinajstić information content (AvgIpc) is 2.15. The van der Waals surface area contributed by atoms with Gasteiger partial charge in [-0.2, -0.15) is 0 Å². The lowest BCUT2D eigenvalue weighted by molar-refractivity contribution is -0.161. The van der Waals surface area contributed by atoms with E-state index in [9.17, 15) is 43.2 Å². The molecule has 5 atom stereocenters. The van der Waals surface area contributed by atoms with E-state index in [1.807, 2.05) is 0 Å². The van der Waals surface area contributed by atoms with E-state index in [1.165, 1.54) is 180 Å². The summed E-state index contributed by atoms with van der Waals surface area (Å²) in [5.41, 5.74) is 0. The number of aliphatic hydroxyl groups excluding tert-OH is 1. The summed E-state index contributed by atoms with van der Waals surface area (Å²) in [6.07, 6.45) is 50.3. The molecule has 0 aliphatic carbocycles. The fraction of sp³-hybridized carbons (Fsp3) is 0.946. The highest BCUT2D eigenvalue weighted by atomic mass is 31.2. The number of ether oxygens (including phenoxy) is 4. The smallest absolute Gasteiger partial charge is 0.462 e. The van der Waals surface area contributed by atoms with Gasteiger partial charge in [-0.25, -0.2) is 9.13 Å². The van der Waals surface area contributed by atoms with Crippen LogP contribution in [0.1, 0.15) is 376 Å². The second-order valence-corrected chi connectivity index (χ2v) is 31.0. The van der Waals surface area contributed by atoms with Gasteiger partial charge in [0.05, 0.1) is 26.4 Å².